The van der Waals surface area contributed by atoms with Crippen LogP contribution >= 0.6 is 0 Å². The molecule has 0 aliphatic carbocycles. The van der Waals surface area contributed by atoms with Crippen molar-refractivity contribution in [3.63, 3.8) is 0 Å². The predicted octanol–water partition coefficient (Wildman–Crippen LogP) is 3.65. The summed E-state index contributed by atoms with van der Waals surface area (Å²) in [6.07, 6.45) is 0. The molecule has 0 saturated heterocycles. The first-order valence-corrected chi connectivity index (χ1v) is 8.15. The quantitative estimate of drug-likeness (QED) is 0.408. The minimum Gasteiger partial charge on any atom is -0.371 e. The average molecular weight is 347 g/mol. The number of nitro benzene ring substituents is 1. The van der Waals surface area contributed by atoms with Crippen LogP contribution < -0.4 is 4.18 Å². The first kappa shape index (κ1) is 15.9. The van der Waals surface area contributed by atoms with Gasteiger partial charge in [0.05, 0.1) is 4.92 Å². The fourth-order valence-corrected chi connectivity index (χ4v) is 3.17. The second-order valence-electron chi connectivity index (χ2n) is 4.92. The lowest BCUT2D eigenvalue weighted by molar-refractivity contribution is -0.385. The number of nitrogens with zero attached hydrogens (tertiary/aromatic N) is 1. The molecule has 8 heteroatoms. The maximum absolute atomic E-state index is 13.3. The molecule has 3 aromatic rings. The third-order valence-corrected chi connectivity index (χ3v) is 4.56. The topological polar surface area (TPSA) is 86.5 Å². The van der Waals surface area contributed by atoms with Crippen molar-refractivity contribution in [1.29, 1.82) is 0 Å². The third-order valence-electron chi connectivity index (χ3n) is 3.33. The van der Waals surface area contributed by atoms with E-state index in [1.807, 2.05) is 12.1 Å². The summed E-state index contributed by atoms with van der Waals surface area (Å²) in [6.45, 7) is 0. The van der Waals surface area contributed by atoms with Gasteiger partial charge in [0.15, 0.2) is 0 Å². The van der Waals surface area contributed by atoms with Gasteiger partial charge in [-0.1, -0.05) is 30.3 Å². The lowest BCUT2D eigenvalue weighted by Crippen LogP contribution is -2.11. The van der Waals surface area contributed by atoms with Crippen LogP contribution in [0.5, 0.6) is 5.75 Å². The summed E-state index contributed by atoms with van der Waals surface area (Å²) in [6, 6.07) is 13.7. The summed E-state index contributed by atoms with van der Waals surface area (Å²) in [5, 5.41) is 12.4. The molecular formula is C16H10FNO5S. The van der Waals surface area contributed by atoms with Crippen molar-refractivity contribution >= 4 is 26.6 Å². The van der Waals surface area contributed by atoms with Crippen LogP contribution in [-0.2, 0) is 10.1 Å². The molecule has 0 aromatic heterocycles. The minimum atomic E-state index is -4.35. The molecule has 0 bridgehead atoms. The fourth-order valence-electron chi connectivity index (χ4n) is 2.19. The van der Waals surface area contributed by atoms with Crippen molar-refractivity contribution in [2.24, 2.45) is 0 Å². The standard InChI is InChI=1S/C16H10FNO5S/c17-13-6-8-15(18(19)20)16(10-13)23-24(21,22)14-7-5-11-3-1-2-4-12(11)9-14/h1-10H. The molecule has 0 fully saturated rings. The van der Waals surface area contributed by atoms with Crippen LogP contribution in [0.4, 0.5) is 10.1 Å². The molecule has 122 valence electrons. The largest absolute Gasteiger partial charge is 0.371 e. The summed E-state index contributed by atoms with van der Waals surface area (Å²) in [5.74, 6) is -1.52. The molecule has 0 aliphatic rings. The van der Waals surface area contributed by atoms with Crippen LogP contribution in [0.1, 0.15) is 0 Å². The van der Waals surface area contributed by atoms with E-state index in [4.69, 9.17) is 4.18 Å². The van der Waals surface area contributed by atoms with Crippen molar-refractivity contribution in [3.05, 3.63) is 76.6 Å². The highest BCUT2D eigenvalue weighted by Crippen LogP contribution is 2.31. The van der Waals surface area contributed by atoms with Crippen LogP contribution in [0.25, 0.3) is 10.8 Å². The monoisotopic (exact) mass is 347 g/mol. The molecule has 0 amide bonds. The van der Waals surface area contributed by atoms with Gasteiger partial charge in [-0.15, -0.1) is 0 Å². The van der Waals surface area contributed by atoms with Crippen molar-refractivity contribution in [1.82, 2.24) is 0 Å². The van der Waals surface area contributed by atoms with Crippen molar-refractivity contribution in [2.45, 2.75) is 4.90 Å². The Morgan fingerprint density at radius 3 is 2.38 bits per heavy atom. The summed E-state index contributed by atoms with van der Waals surface area (Å²) >= 11 is 0. The number of benzene rings is 3. The predicted molar refractivity (Wildman–Crippen MR) is 84.8 cm³/mol. The maximum Gasteiger partial charge on any atom is 0.339 e. The van der Waals surface area contributed by atoms with Gasteiger partial charge in [0.2, 0.25) is 5.75 Å². The number of hydrogen-bond acceptors (Lipinski definition) is 5. The van der Waals surface area contributed by atoms with E-state index >= 15 is 0 Å². The van der Waals surface area contributed by atoms with Crippen LogP contribution in [0.2, 0.25) is 0 Å². The van der Waals surface area contributed by atoms with Gasteiger partial charge in [-0.05, 0) is 29.0 Å². The fraction of sp³-hybridized carbons (Fsp3) is 0. The van der Waals surface area contributed by atoms with Gasteiger partial charge in [-0.25, -0.2) is 4.39 Å². The zero-order valence-corrected chi connectivity index (χ0v) is 12.9. The van der Waals surface area contributed by atoms with E-state index < -0.39 is 32.3 Å². The summed E-state index contributed by atoms with van der Waals surface area (Å²) < 4.78 is 42.8. The highest BCUT2D eigenvalue weighted by atomic mass is 32.2. The van der Waals surface area contributed by atoms with E-state index in [9.17, 15) is 22.9 Å². The lowest BCUT2D eigenvalue weighted by atomic mass is 10.1. The minimum absolute atomic E-state index is 0.181. The highest BCUT2D eigenvalue weighted by molar-refractivity contribution is 7.87. The SMILES string of the molecule is O=[N+]([O-])c1ccc(F)cc1OS(=O)(=O)c1ccc2ccccc2c1. The van der Waals surface area contributed by atoms with E-state index in [1.165, 1.54) is 12.1 Å². The zero-order chi connectivity index (χ0) is 17.3. The van der Waals surface area contributed by atoms with Gasteiger partial charge in [-0.2, -0.15) is 8.42 Å². The Balaban J connectivity index is 2.05. The smallest absolute Gasteiger partial charge is 0.339 e. The van der Waals surface area contributed by atoms with E-state index in [0.29, 0.717) is 11.5 Å². The molecule has 0 aliphatic heterocycles. The molecule has 0 unspecified atom stereocenters. The van der Waals surface area contributed by atoms with Crippen LogP contribution in [0.3, 0.4) is 0 Å². The Morgan fingerprint density at radius 1 is 0.958 bits per heavy atom. The zero-order valence-electron chi connectivity index (χ0n) is 12.0. The van der Waals surface area contributed by atoms with E-state index in [0.717, 1.165) is 17.5 Å². The Bertz CT molecular complexity index is 1050. The van der Waals surface area contributed by atoms with Crippen molar-refractivity contribution in [2.75, 3.05) is 0 Å². The van der Waals surface area contributed by atoms with E-state index in [1.54, 1.807) is 18.2 Å². The Hall–Kier alpha value is -3.00. The molecule has 0 spiro atoms. The molecule has 24 heavy (non-hydrogen) atoms. The second kappa shape index (κ2) is 5.89. The average Bonchev–Trinajstić information content (AvgIpc) is 2.53. The highest BCUT2D eigenvalue weighted by Gasteiger charge is 2.24. The maximum atomic E-state index is 13.3. The van der Waals surface area contributed by atoms with Crippen LogP contribution in [0.15, 0.2) is 65.6 Å². The first-order valence-electron chi connectivity index (χ1n) is 6.74. The Labute approximate surface area is 136 Å². The molecule has 0 N–H and O–H groups in total. The molecule has 0 saturated carbocycles. The molecule has 6 nitrogen and oxygen atoms in total. The summed E-state index contributed by atoms with van der Waals surface area (Å²) in [7, 11) is -4.35. The molecule has 3 rings (SSSR count). The third kappa shape index (κ3) is 3.04. The van der Waals surface area contributed by atoms with Crippen LogP contribution in [0, 0.1) is 15.9 Å². The van der Waals surface area contributed by atoms with Crippen molar-refractivity contribution < 1.29 is 21.9 Å². The summed E-state index contributed by atoms with van der Waals surface area (Å²) in [4.78, 5) is 9.92. The van der Waals surface area contributed by atoms with E-state index in [2.05, 4.69) is 0 Å². The number of rotatable bonds is 4. The second-order valence-corrected chi connectivity index (χ2v) is 6.46. The summed E-state index contributed by atoms with van der Waals surface area (Å²) in [5.41, 5.74) is -0.638. The first-order chi connectivity index (χ1) is 11.4. The van der Waals surface area contributed by atoms with Gasteiger partial charge >= 0.3 is 15.8 Å². The molecule has 3 aromatic carbocycles. The number of halogens is 1. The van der Waals surface area contributed by atoms with Gasteiger partial charge in [0, 0.05) is 12.1 Å². The molecular weight excluding hydrogens is 337 g/mol. The lowest BCUT2D eigenvalue weighted by Gasteiger charge is -2.08. The molecule has 0 heterocycles. The number of hydrogen-bond donors (Lipinski definition) is 0. The van der Waals surface area contributed by atoms with Gasteiger partial charge in [0.1, 0.15) is 10.7 Å². The van der Waals surface area contributed by atoms with Gasteiger partial charge in [0.25, 0.3) is 0 Å². The van der Waals surface area contributed by atoms with E-state index in [-0.39, 0.29) is 4.90 Å². The number of fused-ring (bicyclic) bond motifs is 1. The molecule has 0 atom stereocenters. The number of nitro groups is 1. The van der Waals surface area contributed by atoms with Gasteiger partial charge in [-0.3, -0.25) is 10.1 Å². The molecule has 0 radical (unpaired) electrons. The Kier molecular flexibility index (Phi) is 3.90. The Morgan fingerprint density at radius 2 is 1.67 bits per heavy atom. The van der Waals surface area contributed by atoms with Crippen molar-refractivity contribution in [3.8, 4) is 5.75 Å². The normalized spacial score (nSPS) is 11.4. The van der Waals surface area contributed by atoms with Gasteiger partial charge < -0.3 is 4.18 Å². The van der Waals surface area contributed by atoms with Crippen LogP contribution in [-0.4, -0.2) is 13.3 Å².